The number of amides is 1. The van der Waals surface area contributed by atoms with E-state index in [9.17, 15) is 9.00 Å². The number of hydrogen-bond acceptors (Lipinski definition) is 4. The minimum atomic E-state index is -1.21. The molecule has 2 rings (SSSR count). The Labute approximate surface area is 138 Å². The first-order valence-corrected chi connectivity index (χ1v) is 8.50. The number of para-hydroxylation sites is 1. The SMILES string of the molecule is COc1ccc(OC)c(C(=O)Nc2c(C)cccc2S(C)=O)c1. The molecule has 6 heteroatoms. The molecule has 122 valence electrons. The second-order valence-electron chi connectivity index (χ2n) is 4.92. The van der Waals surface area contributed by atoms with E-state index < -0.39 is 10.8 Å². The molecule has 0 heterocycles. The molecule has 1 N–H and O–H groups in total. The van der Waals surface area contributed by atoms with Crippen LogP contribution in [0.25, 0.3) is 0 Å². The van der Waals surface area contributed by atoms with Gasteiger partial charge in [0.1, 0.15) is 11.5 Å². The fraction of sp³-hybridized carbons (Fsp3) is 0.235. The van der Waals surface area contributed by atoms with Crippen LogP contribution in [-0.4, -0.2) is 30.6 Å². The number of carbonyl (C=O) groups is 1. The van der Waals surface area contributed by atoms with Crippen molar-refractivity contribution in [1.82, 2.24) is 0 Å². The minimum absolute atomic E-state index is 0.346. The number of nitrogens with one attached hydrogen (secondary N) is 1. The maximum Gasteiger partial charge on any atom is 0.259 e. The Morgan fingerprint density at radius 1 is 1.13 bits per heavy atom. The standard InChI is InChI=1S/C17H19NO4S/c1-11-6-5-7-15(23(4)20)16(11)18-17(19)13-10-12(21-2)8-9-14(13)22-3/h5-10H,1-4H3,(H,18,19). The van der Waals surface area contributed by atoms with Crippen LogP contribution in [0.5, 0.6) is 11.5 Å². The van der Waals surface area contributed by atoms with Gasteiger partial charge in [-0.25, -0.2) is 0 Å². The number of anilines is 1. The molecule has 0 radical (unpaired) electrons. The van der Waals surface area contributed by atoms with Gasteiger partial charge < -0.3 is 14.8 Å². The lowest BCUT2D eigenvalue weighted by molar-refractivity contribution is 0.102. The zero-order valence-electron chi connectivity index (χ0n) is 13.5. The third kappa shape index (κ3) is 3.71. The predicted octanol–water partition coefficient (Wildman–Crippen LogP) is 3.00. The maximum atomic E-state index is 12.6. The summed E-state index contributed by atoms with van der Waals surface area (Å²) in [6.45, 7) is 1.86. The highest BCUT2D eigenvalue weighted by atomic mass is 32.2. The van der Waals surface area contributed by atoms with Crippen LogP contribution in [0.4, 0.5) is 5.69 Å². The topological polar surface area (TPSA) is 64.6 Å². The normalized spacial score (nSPS) is 11.7. The molecule has 1 atom stereocenters. The highest BCUT2D eigenvalue weighted by Gasteiger charge is 2.17. The highest BCUT2D eigenvalue weighted by Crippen LogP contribution is 2.28. The zero-order valence-corrected chi connectivity index (χ0v) is 14.3. The van der Waals surface area contributed by atoms with Crippen molar-refractivity contribution in [2.24, 2.45) is 0 Å². The molecule has 0 bridgehead atoms. The Bertz CT molecular complexity index is 758. The zero-order chi connectivity index (χ0) is 17.0. The van der Waals surface area contributed by atoms with Crippen molar-refractivity contribution in [1.29, 1.82) is 0 Å². The number of rotatable bonds is 5. The number of aryl methyl sites for hydroxylation is 1. The first kappa shape index (κ1) is 17.0. The van der Waals surface area contributed by atoms with Crippen molar-refractivity contribution in [3.8, 4) is 11.5 Å². The number of benzene rings is 2. The van der Waals surface area contributed by atoms with Crippen LogP contribution >= 0.6 is 0 Å². The fourth-order valence-corrected chi connectivity index (χ4v) is 2.98. The van der Waals surface area contributed by atoms with Crippen molar-refractivity contribution >= 4 is 22.4 Å². The van der Waals surface area contributed by atoms with E-state index in [1.807, 2.05) is 19.1 Å². The van der Waals surface area contributed by atoms with Gasteiger partial charge in [0, 0.05) is 6.26 Å². The molecule has 0 aliphatic heterocycles. The molecule has 5 nitrogen and oxygen atoms in total. The number of ether oxygens (including phenoxy) is 2. The molecule has 1 amide bonds. The average Bonchev–Trinajstić information content (AvgIpc) is 2.55. The Kier molecular flexibility index (Phi) is 5.39. The van der Waals surface area contributed by atoms with Gasteiger partial charge in [-0.15, -0.1) is 0 Å². The van der Waals surface area contributed by atoms with Gasteiger partial charge in [-0.3, -0.25) is 9.00 Å². The molecule has 0 aliphatic rings. The molecule has 0 aromatic heterocycles. The van der Waals surface area contributed by atoms with Gasteiger partial charge in [-0.2, -0.15) is 0 Å². The fourth-order valence-electron chi connectivity index (χ4n) is 2.21. The summed E-state index contributed by atoms with van der Waals surface area (Å²) in [6, 6.07) is 10.4. The summed E-state index contributed by atoms with van der Waals surface area (Å²) in [6.07, 6.45) is 1.58. The van der Waals surface area contributed by atoms with Gasteiger partial charge in [0.15, 0.2) is 0 Å². The second kappa shape index (κ2) is 7.28. The predicted molar refractivity (Wildman–Crippen MR) is 91.0 cm³/mol. The van der Waals surface area contributed by atoms with E-state index >= 15 is 0 Å². The van der Waals surface area contributed by atoms with Crippen molar-refractivity contribution in [2.75, 3.05) is 25.8 Å². The van der Waals surface area contributed by atoms with Crippen LogP contribution < -0.4 is 14.8 Å². The van der Waals surface area contributed by atoms with E-state index in [2.05, 4.69) is 5.32 Å². The summed E-state index contributed by atoms with van der Waals surface area (Å²) in [5.41, 5.74) is 1.75. The smallest absolute Gasteiger partial charge is 0.259 e. The third-order valence-electron chi connectivity index (χ3n) is 3.43. The molecule has 0 fully saturated rings. The average molecular weight is 333 g/mol. The summed E-state index contributed by atoms with van der Waals surface area (Å²) in [5.74, 6) is 0.651. The Balaban J connectivity index is 2.42. The summed E-state index contributed by atoms with van der Waals surface area (Å²) in [7, 11) is 1.82. The third-order valence-corrected chi connectivity index (χ3v) is 4.39. The van der Waals surface area contributed by atoms with E-state index in [4.69, 9.17) is 9.47 Å². The molecule has 2 aromatic carbocycles. The van der Waals surface area contributed by atoms with E-state index in [0.717, 1.165) is 5.56 Å². The lowest BCUT2D eigenvalue weighted by Crippen LogP contribution is -2.15. The van der Waals surface area contributed by atoms with Crippen molar-refractivity contribution in [3.63, 3.8) is 0 Å². The highest BCUT2D eigenvalue weighted by molar-refractivity contribution is 7.84. The second-order valence-corrected chi connectivity index (χ2v) is 6.27. The van der Waals surface area contributed by atoms with Crippen LogP contribution in [0.15, 0.2) is 41.3 Å². The number of methoxy groups -OCH3 is 2. The monoisotopic (exact) mass is 333 g/mol. The molecular weight excluding hydrogens is 314 g/mol. The minimum Gasteiger partial charge on any atom is -0.497 e. The molecule has 23 heavy (non-hydrogen) atoms. The first-order chi connectivity index (χ1) is 11.0. The Hall–Kier alpha value is -2.34. The number of hydrogen-bond donors (Lipinski definition) is 1. The Morgan fingerprint density at radius 3 is 2.48 bits per heavy atom. The van der Waals surface area contributed by atoms with E-state index in [-0.39, 0.29) is 5.91 Å². The molecule has 0 saturated heterocycles. The summed E-state index contributed by atoms with van der Waals surface area (Å²) >= 11 is 0. The van der Waals surface area contributed by atoms with Crippen LogP contribution in [0.1, 0.15) is 15.9 Å². The van der Waals surface area contributed by atoms with Crippen LogP contribution in [0, 0.1) is 6.92 Å². The molecule has 2 aromatic rings. The van der Waals surface area contributed by atoms with Gasteiger partial charge in [-0.1, -0.05) is 12.1 Å². The van der Waals surface area contributed by atoms with Gasteiger partial charge in [-0.05, 0) is 36.8 Å². The molecular formula is C17H19NO4S. The maximum absolute atomic E-state index is 12.6. The quantitative estimate of drug-likeness (QED) is 0.913. The van der Waals surface area contributed by atoms with E-state index in [0.29, 0.717) is 27.6 Å². The molecule has 1 unspecified atom stereocenters. The van der Waals surface area contributed by atoms with Gasteiger partial charge in [0.2, 0.25) is 0 Å². The van der Waals surface area contributed by atoms with E-state index in [1.54, 1.807) is 30.5 Å². The number of carbonyl (C=O) groups excluding carboxylic acids is 1. The molecule has 0 aliphatic carbocycles. The first-order valence-electron chi connectivity index (χ1n) is 6.94. The van der Waals surface area contributed by atoms with Crippen LogP contribution in [-0.2, 0) is 10.8 Å². The lowest BCUT2D eigenvalue weighted by atomic mass is 10.1. The van der Waals surface area contributed by atoms with Crippen LogP contribution in [0.2, 0.25) is 0 Å². The van der Waals surface area contributed by atoms with Crippen LogP contribution in [0.3, 0.4) is 0 Å². The summed E-state index contributed by atoms with van der Waals surface area (Å²) in [4.78, 5) is 13.2. The summed E-state index contributed by atoms with van der Waals surface area (Å²) in [5, 5.41) is 2.83. The van der Waals surface area contributed by atoms with Gasteiger partial charge in [0.05, 0.1) is 41.2 Å². The van der Waals surface area contributed by atoms with Crippen molar-refractivity contribution < 1.29 is 18.5 Å². The van der Waals surface area contributed by atoms with Gasteiger partial charge >= 0.3 is 0 Å². The summed E-state index contributed by atoms with van der Waals surface area (Å²) < 4.78 is 22.3. The van der Waals surface area contributed by atoms with Crippen molar-refractivity contribution in [2.45, 2.75) is 11.8 Å². The molecule has 0 saturated carbocycles. The lowest BCUT2D eigenvalue weighted by Gasteiger charge is -2.14. The molecule has 0 spiro atoms. The van der Waals surface area contributed by atoms with E-state index in [1.165, 1.54) is 14.2 Å². The van der Waals surface area contributed by atoms with Crippen molar-refractivity contribution in [3.05, 3.63) is 47.5 Å². The Morgan fingerprint density at radius 2 is 1.87 bits per heavy atom. The van der Waals surface area contributed by atoms with Gasteiger partial charge in [0.25, 0.3) is 5.91 Å². The largest absolute Gasteiger partial charge is 0.497 e.